The Balaban J connectivity index is 2.54. The van der Waals surface area contributed by atoms with E-state index >= 15 is 0 Å². The molecule has 0 aliphatic rings. The van der Waals surface area contributed by atoms with Crippen LogP contribution in [0.4, 0.5) is 0 Å². The van der Waals surface area contributed by atoms with E-state index in [-0.39, 0.29) is 5.43 Å². The van der Waals surface area contributed by atoms with Crippen molar-refractivity contribution in [3.05, 3.63) is 40.7 Å². The molecule has 16 heavy (non-hydrogen) atoms. The molecule has 4 heteroatoms. The van der Waals surface area contributed by atoms with Gasteiger partial charge in [-0.3, -0.25) is 9.48 Å². The fourth-order valence-corrected chi connectivity index (χ4v) is 1.75. The van der Waals surface area contributed by atoms with Crippen LogP contribution in [0.1, 0.15) is 6.92 Å². The minimum absolute atomic E-state index is 0.0367. The topological polar surface area (TPSA) is 34.9 Å². The summed E-state index contributed by atoms with van der Waals surface area (Å²) in [7, 11) is 0. The molecule has 0 saturated carbocycles. The molecule has 1 aromatic heterocycles. The Morgan fingerprint density at radius 1 is 1.44 bits per heavy atom. The van der Waals surface area contributed by atoms with Gasteiger partial charge in [-0.15, -0.1) is 11.6 Å². The standard InChI is InChI=1S/C12H13ClN2O/c1-9(6-13)8-15-11-5-3-2-4-10(11)12(16)7-14-15/h2-5,7,9H,6,8H2,1H3. The highest BCUT2D eigenvalue weighted by atomic mass is 35.5. The van der Waals surface area contributed by atoms with Crippen molar-refractivity contribution in [2.24, 2.45) is 5.92 Å². The largest absolute Gasteiger partial charge is 0.287 e. The zero-order valence-electron chi connectivity index (χ0n) is 9.06. The van der Waals surface area contributed by atoms with Gasteiger partial charge in [-0.05, 0) is 18.1 Å². The molecule has 2 rings (SSSR count). The highest BCUT2D eigenvalue weighted by Gasteiger charge is 2.06. The SMILES string of the molecule is CC(CCl)Cn1ncc(=O)c2ccccc21. The summed E-state index contributed by atoms with van der Waals surface area (Å²) in [6.45, 7) is 2.78. The van der Waals surface area contributed by atoms with Gasteiger partial charge in [0.15, 0.2) is 0 Å². The van der Waals surface area contributed by atoms with Gasteiger partial charge in [0.2, 0.25) is 5.43 Å². The lowest BCUT2D eigenvalue weighted by atomic mass is 10.2. The van der Waals surface area contributed by atoms with E-state index in [4.69, 9.17) is 11.6 Å². The van der Waals surface area contributed by atoms with E-state index in [2.05, 4.69) is 12.0 Å². The third-order valence-corrected chi connectivity index (χ3v) is 3.04. The quantitative estimate of drug-likeness (QED) is 0.767. The predicted molar refractivity (Wildman–Crippen MR) is 65.9 cm³/mol. The Kier molecular flexibility index (Phi) is 3.25. The molecule has 0 fully saturated rings. The predicted octanol–water partition coefficient (Wildman–Crippen LogP) is 2.27. The van der Waals surface area contributed by atoms with Crippen molar-refractivity contribution >= 4 is 22.5 Å². The van der Waals surface area contributed by atoms with Crippen LogP contribution in [0.2, 0.25) is 0 Å². The molecule has 0 amide bonds. The summed E-state index contributed by atoms with van der Waals surface area (Å²) in [5.74, 6) is 0.919. The van der Waals surface area contributed by atoms with E-state index in [0.29, 0.717) is 17.2 Å². The van der Waals surface area contributed by atoms with Gasteiger partial charge in [0.25, 0.3) is 0 Å². The Morgan fingerprint density at radius 2 is 2.19 bits per heavy atom. The van der Waals surface area contributed by atoms with Gasteiger partial charge in [-0.1, -0.05) is 19.1 Å². The number of halogens is 1. The van der Waals surface area contributed by atoms with Crippen molar-refractivity contribution in [3.8, 4) is 0 Å². The third kappa shape index (κ3) is 2.09. The molecule has 0 spiro atoms. The van der Waals surface area contributed by atoms with Gasteiger partial charge < -0.3 is 0 Å². The summed E-state index contributed by atoms with van der Waals surface area (Å²) in [6, 6.07) is 7.50. The molecule has 84 valence electrons. The van der Waals surface area contributed by atoms with Crippen LogP contribution in [0.15, 0.2) is 35.3 Å². The fraction of sp³-hybridized carbons (Fsp3) is 0.333. The van der Waals surface area contributed by atoms with Crippen LogP contribution < -0.4 is 5.43 Å². The Hall–Kier alpha value is -1.35. The number of nitrogens with zero attached hydrogens (tertiary/aromatic N) is 2. The van der Waals surface area contributed by atoms with Crippen molar-refractivity contribution < 1.29 is 0 Å². The average Bonchev–Trinajstić information content (AvgIpc) is 2.33. The molecular formula is C12H13ClN2O. The molecule has 0 aliphatic heterocycles. The molecule has 0 aliphatic carbocycles. The van der Waals surface area contributed by atoms with Crippen LogP contribution in [0.3, 0.4) is 0 Å². The molecule has 0 radical (unpaired) electrons. The second kappa shape index (κ2) is 4.66. The van der Waals surface area contributed by atoms with E-state index in [1.54, 1.807) is 0 Å². The van der Waals surface area contributed by atoms with Gasteiger partial charge in [-0.2, -0.15) is 5.10 Å². The first kappa shape index (κ1) is 11.1. The maximum Gasteiger partial charge on any atom is 0.207 e. The van der Waals surface area contributed by atoms with Gasteiger partial charge >= 0.3 is 0 Å². The van der Waals surface area contributed by atoms with E-state index in [9.17, 15) is 4.79 Å². The number of rotatable bonds is 3. The van der Waals surface area contributed by atoms with Crippen LogP contribution >= 0.6 is 11.6 Å². The molecule has 1 unspecified atom stereocenters. The van der Waals surface area contributed by atoms with Crippen molar-refractivity contribution in [1.29, 1.82) is 0 Å². The zero-order valence-corrected chi connectivity index (χ0v) is 9.81. The summed E-state index contributed by atoms with van der Waals surface area (Å²) in [4.78, 5) is 11.6. The first-order chi connectivity index (χ1) is 7.72. The van der Waals surface area contributed by atoms with E-state index < -0.39 is 0 Å². The third-order valence-electron chi connectivity index (χ3n) is 2.51. The van der Waals surface area contributed by atoms with Crippen LogP contribution in [0.25, 0.3) is 10.9 Å². The monoisotopic (exact) mass is 236 g/mol. The number of hydrogen-bond acceptors (Lipinski definition) is 2. The summed E-state index contributed by atoms with van der Waals surface area (Å²) in [5.41, 5.74) is 0.831. The first-order valence-electron chi connectivity index (χ1n) is 5.23. The zero-order chi connectivity index (χ0) is 11.5. The second-order valence-electron chi connectivity index (χ2n) is 3.97. The summed E-state index contributed by atoms with van der Waals surface area (Å²) in [5, 5.41) is 4.85. The number of fused-ring (bicyclic) bond motifs is 1. The number of benzene rings is 1. The maximum absolute atomic E-state index is 11.6. The average molecular weight is 237 g/mol. The number of para-hydroxylation sites is 1. The molecule has 1 heterocycles. The van der Waals surface area contributed by atoms with E-state index in [1.807, 2.05) is 28.9 Å². The summed E-state index contributed by atoms with van der Waals surface area (Å²) in [6.07, 6.45) is 1.36. The fourth-order valence-electron chi connectivity index (χ4n) is 1.65. The van der Waals surface area contributed by atoms with Crippen molar-refractivity contribution in [3.63, 3.8) is 0 Å². The molecular weight excluding hydrogens is 224 g/mol. The van der Waals surface area contributed by atoms with Crippen LogP contribution in [-0.2, 0) is 6.54 Å². The Morgan fingerprint density at radius 3 is 2.94 bits per heavy atom. The van der Waals surface area contributed by atoms with Crippen molar-refractivity contribution in [1.82, 2.24) is 9.78 Å². The lowest BCUT2D eigenvalue weighted by molar-refractivity contribution is 0.494. The normalized spacial score (nSPS) is 12.9. The minimum Gasteiger partial charge on any atom is -0.287 e. The van der Waals surface area contributed by atoms with Gasteiger partial charge in [0.1, 0.15) is 0 Å². The smallest absolute Gasteiger partial charge is 0.207 e. The molecule has 1 atom stereocenters. The summed E-state index contributed by atoms with van der Waals surface area (Å²) >= 11 is 5.78. The number of hydrogen-bond donors (Lipinski definition) is 0. The van der Waals surface area contributed by atoms with Gasteiger partial charge in [0, 0.05) is 17.8 Å². The van der Waals surface area contributed by atoms with Crippen LogP contribution in [0, 0.1) is 5.92 Å². The van der Waals surface area contributed by atoms with Crippen molar-refractivity contribution in [2.45, 2.75) is 13.5 Å². The highest BCUT2D eigenvalue weighted by Crippen LogP contribution is 2.10. The lowest BCUT2D eigenvalue weighted by Gasteiger charge is -2.12. The molecule has 1 aromatic carbocycles. The van der Waals surface area contributed by atoms with E-state index in [1.165, 1.54) is 6.20 Å². The maximum atomic E-state index is 11.6. The van der Waals surface area contributed by atoms with Gasteiger partial charge in [0.05, 0.1) is 11.7 Å². The van der Waals surface area contributed by atoms with Crippen LogP contribution in [0.5, 0.6) is 0 Å². The Labute approximate surface area is 98.7 Å². The van der Waals surface area contributed by atoms with Gasteiger partial charge in [-0.25, -0.2) is 0 Å². The molecule has 0 bridgehead atoms. The Bertz CT molecular complexity index is 550. The van der Waals surface area contributed by atoms with Crippen LogP contribution in [-0.4, -0.2) is 15.7 Å². The highest BCUT2D eigenvalue weighted by molar-refractivity contribution is 6.18. The lowest BCUT2D eigenvalue weighted by Crippen LogP contribution is -2.16. The number of alkyl halides is 1. The minimum atomic E-state index is -0.0367. The second-order valence-corrected chi connectivity index (χ2v) is 4.28. The summed E-state index contributed by atoms with van der Waals surface area (Å²) < 4.78 is 1.84. The number of aromatic nitrogens is 2. The molecule has 3 nitrogen and oxygen atoms in total. The molecule has 0 N–H and O–H groups in total. The molecule has 0 saturated heterocycles. The molecule has 2 aromatic rings. The van der Waals surface area contributed by atoms with E-state index in [0.717, 1.165) is 12.1 Å². The van der Waals surface area contributed by atoms with Crippen molar-refractivity contribution in [2.75, 3.05) is 5.88 Å². The first-order valence-corrected chi connectivity index (χ1v) is 5.76.